The number of hydrogen-bond acceptors (Lipinski definition) is 1. The van der Waals surface area contributed by atoms with Gasteiger partial charge in [-0.05, 0) is 17.7 Å². The van der Waals surface area contributed by atoms with Crippen LogP contribution in [0.5, 0.6) is 0 Å². The normalized spacial score (nSPS) is 12.9. The third-order valence-electron chi connectivity index (χ3n) is 1.58. The fourth-order valence-corrected chi connectivity index (χ4v) is 0.896. The van der Waals surface area contributed by atoms with Gasteiger partial charge in [-0.15, -0.1) is 0 Å². The Bertz CT molecular complexity index is 233. The van der Waals surface area contributed by atoms with Crippen LogP contribution in [0.25, 0.3) is 0 Å². The summed E-state index contributed by atoms with van der Waals surface area (Å²) in [5, 5.41) is 10.8. The summed E-state index contributed by atoms with van der Waals surface area (Å²) in [6.07, 6.45) is -0.785. The van der Waals surface area contributed by atoms with Gasteiger partial charge in [-0.3, -0.25) is 0 Å². The van der Waals surface area contributed by atoms with E-state index in [1.807, 2.05) is 0 Å². The molecule has 0 aliphatic carbocycles. The van der Waals surface area contributed by atoms with Gasteiger partial charge >= 0.3 is 0 Å². The predicted molar refractivity (Wildman–Crippen MR) is 41.6 cm³/mol. The molecule has 0 spiro atoms. The van der Waals surface area contributed by atoms with E-state index < -0.39 is 6.29 Å². The first-order valence-electron chi connectivity index (χ1n) is 3.65. The molecule has 65 valence electrons. The van der Waals surface area contributed by atoms with Crippen LogP contribution in [-0.2, 0) is 16.3 Å². The van der Waals surface area contributed by atoms with Gasteiger partial charge in [0.1, 0.15) is 5.82 Å². The molecule has 1 aromatic carbocycles. The Morgan fingerprint density at radius 3 is 2.50 bits per heavy atom. The summed E-state index contributed by atoms with van der Waals surface area (Å²) in [6, 6.07) is 5.83. The molecule has 0 bridgehead atoms. The molecule has 1 aromatic rings. The first kappa shape index (κ1) is 9.16. The fourth-order valence-electron chi connectivity index (χ4n) is 0.896. The molecule has 0 aliphatic heterocycles. The molecule has 0 aliphatic rings. The van der Waals surface area contributed by atoms with E-state index in [-0.39, 0.29) is 12.2 Å². The summed E-state index contributed by atoms with van der Waals surface area (Å²) in [4.78, 5) is 0. The van der Waals surface area contributed by atoms with E-state index in [1.54, 1.807) is 12.1 Å². The van der Waals surface area contributed by atoms with E-state index in [2.05, 4.69) is 4.74 Å². The van der Waals surface area contributed by atoms with Crippen LogP contribution in [-0.4, -0.2) is 13.4 Å². The largest absolute Gasteiger partial charge is 0.353 e. The van der Waals surface area contributed by atoms with Crippen molar-refractivity contribution >= 4 is 0 Å². The monoisotopic (exact) mass is 169 g/mol. The van der Waals surface area contributed by atoms with Crippen molar-refractivity contribution in [2.75, 3.05) is 7.11 Å². The van der Waals surface area contributed by atoms with Gasteiger partial charge in [0.05, 0.1) is 0 Å². The lowest BCUT2D eigenvalue weighted by Crippen LogP contribution is -2.10. The Kier molecular flexibility index (Phi) is 3.19. The van der Waals surface area contributed by atoms with Crippen LogP contribution in [0.4, 0.5) is 4.39 Å². The number of hydrogen-bond donors (Lipinski definition) is 0. The molecule has 0 fully saturated rings. The average molecular weight is 169 g/mol. The summed E-state index contributed by atoms with van der Waals surface area (Å²) in [5.41, 5.74) is 0.790. The Balaban J connectivity index is 2.58. The molecule has 0 N–H and O–H groups in total. The first-order valence-corrected chi connectivity index (χ1v) is 3.65. The van der Waals surface area contributed by atoms with Crippen LogP contribution in [0.2, 0.25) is 0 Å². The summed E-state index contributed by atoms with van der Waals surface area (Å²) in [7, 11) is 1.36. The zero-order valence-electron chi connectivity index (χ0n) is 6.79. The van der Waals surface area contributed by atoms with Gasteiger partial charge in [0.25, 0.3) is 0 Å². The van der Waals surface area contributed by atoms with Gasteiger partial charge in [-0.2, -0.15) is 0 Å². The molecular weight excluding hydrogens is 159 g/mol. The topological polar surface area (TPSA) is 29.1 Å². The van der Waals surface area contributed by atoms with Crippen LogP contribution in [0, 0.1) is 5.82 Å². The second-order valence-electron chi connectivity index (χ2n) is 2.50. The molecular formula is C9H10FO2. The minimum Gasteiger partial charge on any atom is -0.353 e. The molecule has 0 saturated heterocycles. The van der Waals surface area contributed by atoms with Crippen LogP contribution in [0.15, 0.2) is 24.3 Å². The van der Waals surface area contributed by atoms with Crippen LogP contribution >= 0.6 is 0 Å². The highest BCUT2D eigenvalue weighted by atomic mass is 19.1. The molecule has 0 aromatic heterocycles. The maximum Gasteiger partial charge on any atom is 0.195 e. The van der Waals surface area contributed by atoms with Gasteiger partial charge in [-0.25, -0.2) is 9.50 Å². The Morgan fingerprint density at radius 1 is 1.42 bits per heavy atom. The van der Waals surface area contributed by atoms with Crippen molar-refractivity contribution in [1.82, 2.24) is 0 Å². The van der Waals surface area contributed by atoms with Gasteiger partial charge in [0.2, 0.25) is 0 Å². The molecule has 2 nitrogen and oxygen atoms in total. The van der Waals surface area contributed by atoms with Crippen LogP contribution in [0.1, 0.15) is 5.56 Å². The molecule has 0 saturated carbocycles. The second kappa shape index (κ2) is 4.18. The van der Waals surface area contributed by atoms with Gasteiger partial charge in [0.15, 0.2) is 6.29 Å². The lowest BCUT2D eigenvalue weighted by Gasteiger charge is -2.05. The minimum atomic E-state index is -1.06. The number of methoxy groups -OCH3 is 1. The molecule has 12 heavy (non-hydrogen) atoms. The van der Waals surface area contributed by atoms with E-state index >= 15 is 0 Å². The first-order chi connectivity index (χ1) is 5.72. The van der Waals surface area contributed by atoms with Crippen molar-refractivity contribution in [1.29, 1.82) is 0 Å². The van der Waals surface area contributed by atoms with E-state index in [9.17, 15) is 9.50 Å². The lowest BCUT2D eigenvalue weighted by atomic mass is 10.1. The maximum absolute atomic E-state index is 12.4. The van der Waals surface area contributed by atoms with Crippen molar-refractivity contribution in [3.63, 3.8) is 0 Å². The SMILES string of the molecule is COC([O])Cc1ccc(F)cc1. The van der Waals surface area contributed by atoms with Crippen LogP contribution < -0.4 is 0 Å². The lowest BCUT2D eigenvalue weighted by molar-refractivity contribution is -0.117. The zero-order valence-corrected chi connectivity index (χ0v) is 6.79. The highest BCUT2D eigenvalue weighted by molar-refractivity contribution is 5.16. The highest BCUT2D eigenvalue weighted by Crippen LogP contribution is 2.05. The summed E-state index contributed by atoms with van der Waals surface area (Å²) < 4.78 is 16.9. The third kappa shape index (κ3) is 2.60. The average Bonchev–Trinajstić information content (AvgIpc) is 2.09. The molecule has 1 radical (unpaired) electrons. The van der Waals surface area contributed by atoms with Crippen molar-refractivity contribution < 1.29 is 14.2 Å². The maximum atomic E-state index is 12.4. The van der Waals surface area contributed by atoms with E-state index in [1.165, 1.54) is 19.2 Å². The number of rotatable bonds is 3. The molecule has 1 atom stereocenters. The molecule has 1 rings (SSSR count). The van der Waals surface area contributed by atoms with E-state index in [4.69, 9.17) is 0 Å². The predicted octanol–water partition coefficient (Wildman–Crippen LogP) is 1.77. The van der Waals surface area contributed by atoms with Crippen molar-refractivity contribution in [3.8, 4) is 0 Å². The summed E-state index contributed by atoms with van der Waals surface area (Å²) in [5.74, 6) is -0.293. The third-order valence-corrected chi connectivity index (χ3v) is 1.58. The number of halogens is 1. The number of ether oxygens (including phenoxy) is 1. The summed E-state index contributed by atoms with van der Waals surface area (Å²) >= 11 is 0. The second-order valence-corrected chi connectivity index (χ2v) is 2.50. The Morgan fingerprint density at radius 2 is 2.00 bits per heavy atom. The summed E-state index contributed by atoms with van der Waals surface area (Å²) in [6.45, 7) is 0. The fraction of sp³-hybridized carbons (Fsp3) is 0.333. The molecule has 0 amide bonds. The van der Waals surface area contributed by atoms with Gasteiger partial charge in [-0.1, -0.05) is 12.1 Å². The van der Waals surface area contributed by atoms with E-state index in [0.29, 0.717) is 0 Å². The Hall–Kier alpha value is -0.930. The standard InChI is InChI=1S/C9H10FO2/c1-12-9(11)6-7-2-4-8(10)5-3-7/h2-5,9H,6H2,1H3. The molecule has 1 unspecified atom stereocenters. The van der Waals surface area contributed by atoms with Crippen LogP contribution in [0.3, 0.4) is 0 Å². The zero-order chi connectivity index (χ0) is 8.97. The van der Waals surface area contributed by atoms with Gasteiger partial charge < -0.3 is 4.74 Å². The molecule has 3 heteroatoms. The Labute approximate surface area is 70.6 Å². The van der Waals surface area contributed by atoms with E-state index in [0.717, 1.165) is 5.56 Å². The van der Waals surface area contributed by atoms with Gasteiger partial charge in [0, 0.05) is 13.5 Å². The smallest absolute Gasteiger partial charge is 0.195 e. The quantitative estimate of drug-likeness (QED) is 0.634. The van der Waals surface area contributed by atoms with Crippen molar-refractivity contribution in [3.05, 3.63) is 35.6 Å². The van der Waals surface area contributed by atoms with Crippen molar-refractivity contribution in [2.45, 2.75) is 12.7 Å². The highest BCUT2D eigenvalue weighted by Gasteiger charge is 2.04. The number of benzene rings is 1. The minimum absolute atomic E-state index is 0.275. The molecule has 0 heterocycles. The van der Waals surface area contributed by atoms with Crippen molar-refractivity contribution in [2.24, 2.45) is 0 Å².